The summed E-state index contributed by atoms with van der Waals surface area (Å²) >= 11 is 0. The van der Waals surface area contributed by atoms with Gasteiger partial charge in [0, 0.05) is 12.6 Å². The first-order valence-corrected chi connectivity index (χ1v) is 7.69. The topological polar surface area (TPSA) is 57.6 Å². The molecule has 21 heavy (non-hydrogen) atoms. The molecule has 1 fully saturated rings. The highest BCUT2D eigenvalue weighted by atomic mass is 16.4. The summed E-state index contributed by atoms with van der Waals surface area (Å²) < 4.78 is 0. The van der Waals surface area contributed by atoms with Gasteiger partial charge in [-0.2, -0.15) is 0 Å². The first kappa shape index (κ1) is 15.5. The summed E-state index contributed by atoms with van der Waals surface area (Å²) in [6.45, 7) is 4.41. The van der Waals surface area contributed by atoms with Crippen LogP contribution < -0.4 is 0 Å². The molecule has 1 amide bonds. The lowest BCUT2D eigenvalue weighted by atomic mass is 9.93. The van der Waals surface area contributed by atoms with Crippen molar-refractivity contribution >= 4 is 11.9 Å². The van der Waals surface area contributed by atoms with Crippen molar-refractivity contribution in [3.63, 3.8) is 0 Å². The summed E-state index contributed by atoms with van der Waals surface area (Å²) in [5.74, 6) is -1.19. The van der Waals surface area contributed by atoms with Gasteiger partial charge in [-0.3, -0.25) is 4.79 Å². The Labute approximate surface area is 125 Å². The highest BCUT2D eigenvalue weighted by Crippen LogP contribution is 2.25. The average Bonchev–Trinajstić information content (AvgIpc) is 2.48. The number of hydrogen-bond donors (Lipinski definition) is 1. The normalized spacial score (nSPS) is 15.7. The quantitative estimate of drug-likeness (QED) is 0.923. The van der Waals surface area contributed by atoms with Crippen LogP contribution in [-0.2, 0) is 0 Å². The summed E-state index contributed by atoms with van der Waals surface area (Å²) in [4.78, 5) is 26.0. The third-order valence-corrected chi connectivity index (χ3v) is 4.25. The van der Waals surface area contributed by atoms with Gasteiger partial charge in [-0.25, -0.2) is 4.79 Å². The maximum Gasteiger partial charge on any atom is 0.336 e. The molecule has 0 radical (unpaired) electrons. The van der Waals surface area contributed by atoms with Gasteiger partial charge in [-0.1, -0.05) is 30.9 Å². The minimum Gasteiger partial charge on any atom is -0.478 e. The molecule has 0 bridgehead atoms. The van der Waals surface area contributed by atoms with Crippen LogP contribution in [0.25, 0.3) is 0 Å². The molecule has 1 aliphatic carbocycles. The number of aromatic carboxylic acids is 1. The molecule has 0 atom stereocenters. The van der Waals surface area contributed by atoms with Gasteiger partial charge in [0.25, 0.3) is 5.91 Å². The van der Waals surface area contributed by atoms with Crippen molar-refractivity contribution in [1.29, 1.82) is 0 Å². The summed E-state index contributed by atoms with van der Waals surface area (Å²) in [6.07, 6.45) is 5.57. The Morgan fingerprint density at radius 1 is 1.19 bits per heavy atom. The molecule has 1 aromatic rings. The zero-order valence-corrected chi connectivity index (χ0v) is 12.8. The van der Waals surface area contributed by atoms with E-state index in [1.807, 2.05) is 18.7 Å². The van der Waals surface area contributed by atoms with E-state index in [9.17, 15) is 14.7 Å². The van der Waals surface area contributed by atoms with E-state index in [1.165, 1.54) is 6.42 Å². The van der Waals surface area contributed by atoms with Crippen molar-refractivity contribution in [1.82, 2.24) is 4.90 Å². The number of carboxylic acids is 1. The van der Waals surface area contributed by atoms with Crippen molar-refractivity contribution in [2.75, 3.05) is 6.54 Å². The zero-order valence-electron chi connectivity index (χ0n) is 12.8. The Hall–Kier alpha value is -1.84. The highest BCUT2D eigenvalue weighted by molar-refractivity contribution is 6.05. The van der Waals surface area contributed by atoms with Gasteiger partial charge in [-0.15, -0.1) is 0 Å². The first-order chi connectivity index (χ1) is 10.0. The van der Waals surface area contributed by atoms with Crippen LogP contribution in [-0.4, -0.2) is 34.5 Å². The van der Waals surface area contributed by atoms with E-state index < -0.39 is 5.97 Å². The van der Waals surface area contributed by atoms with Gasteiger partial charge in [0.1, 0.15) is 0 Å². The van der Waals surface area contributed by atoms with Crippen LogP contribution >= 0.6 is 0 Å². The predicted molar refractivity (Wildman–Crippen MR) is 81.7 cm³/mol. The molecule has 4 nitrogen and oxygen atoms in total. The van der Waals surface area contributed by atoms with E-state index in [1.54, 1.807) is 18.2 Å². The summed E-state index contributed by atoms with van der Waals surface area (Å²) in [5.41, 5.74) is 1.26. The average molecular weight is 289 g/mol. The molecular formula is C17H23NO3. The maximum absolute atomic E-state index is 12.8. The molecule has 114 valence electrons. The second-order valence-corrected chi connectivity index (χ2v) is 5.74. The van der Waals surface area contributed by atoms with Gasteiger partial charge >= 0.3 is 5.97 Å². The lowest BCUT2D eigenvalue weighted by Gasteiger charge is -2.34. The van der Waals surface area contributed by atoms with Crippen LogP contribution in [0.5, 0.6) is 0 Å². The van der Waals surface area contributed by atoms with Gasteiger partial charge in [0.15, 0.2) is 0 Å². The third-order valence-electron chi connectivity index (χ3n) is 4.25. The van der Waals surface area contributed by atoms with Gasteiger partial charge in [-0.05, 0) is 38.8 Å². The van der Waals surface area contributed by atoms with E-state index in [4.69, 9.17) is 0 Å². The molecule has 0 heterocycles. The SMILES string of the molecule is CCN(C(=O)c1ccc(C)cc1C(=O)O)C1CCCCC1. The fourth-order valence-corrected chi connectivity index (χ4v) is 3.14. The first-order valence-electron chi connectivity index (χ1n) is 7.69. The van der Waals surface area contributed by atoms with E-state index in [-0.39, 0.29) is 17.5 Å². The Bertz CT molecular complexity index is 533. The van der Waals surface area contributed by atoms with E-state index >= 15 is 0 Å². The predicted octanol–water partition coefficient (Wildman–Crippen LogP) is 3.49. The van der Waals surface area contributed by atoms with Gasteiger partial charge in [0.05, 0.1) is 11.1 Å². The number of rotatable bonds is 4. The molecule has 0 unspecified atom stereocenters. The largest absolute Gasteiger partial charge is 0.478 e. The van der Waals surface area contributed by atoms with Crippen LogP contribution in [0.15, 0.2) is 18.2 Å². The molecule has 1 N–H and O–H groups in total. The third kappa shape index (κ3) is 3.43. The van der Waals surface area contributed by atoms with Crippen LogP contribution in [0, 0.1) is 6.92 Å². The second-order valence-electron chi connectivity index (χ2n) is 5.74. The molecular weight excluding hydrogens is 266 g/mol. The van der Waals surface area contributed by atoms with Crippen molar-refractivity contribution in [3.8, 4) is 0 Å². The van der Waals surface area contributed by atoms with Crippen molar-refractivity contribution < 1.29 is 14.7 Å². The van der Waals surface area contributed by atoms with Crippen LogP contribution in [0.3, 0.4) is 0 Å². The molecule has 1 aliphatic rings. The minimum atomic E-state index is -1.04. The summed E-state index contributed by atoms with van der Waals surface area (Å²) in [5, 5.41) is 9.33. The number of carbonyl (C=O) groups excluding carboxylic acids is 1. The maximum atomic E-state index is 12.8. The molecule has 0 saturated heterocycles. The fraction of sp³-hybridized carbons (Fsp3) is 0.529. The van der Waals surface area contributed by atoms with Crippen molar-refractivity contribution in [2.24, 2.45) is 0 Å². The molecule has 0 spiro atoms. The van der Waals surface area contributed by atoms with Crippen molar-refractivity contribution in [3.05, 3.63) is 34.9 Å². The molecule has 0 aliphatic heterocycles. The molecule has 1 aromatic carbocycles. The molecule has 2 rings (SSSR count). The Balaban J connectivity index is 2.31. The van der Waals surface area contributed by atoms with Crippen LogP contribution in [0.4, 0.5) is 0 Å². The minimum absolute atomic E-state index is 0.106. The summed E-state index contributed by atoms with van der Waals surface area (Å²) in [6, 6.07) is 5.27. The Morgan fingerprint density at radius 3 is 2.43 bits per heavy atom. The van der Waals surface area contributed by atoms with Crippen LogP contribution in [0.2, 0.25) is 0 Å². The fourth-order valence-electron chi connectivity index (χ4n) is 3.14. The van der Waals surface area contributed by atoms with E-state index in [0.717, 1.165) is 31.2 Å². The number of carboxylic acid groups (broad SMARTS) is 1. The highest BCUT2D eigenvalue weighted by Gasteiger charge is 2.27. The second kappa shape index (κ2) is 6.74. The number of aryl methyl sites for hydroxylation is 1. The lowest BCUT2D eigenvalue weighted by molar-refractivity contribution is 0.0623. The monoisotopic (exact) mass is 289 g/mol. The summed E-state index contributed by atoms with van der Waals surface area (Å²) in [7, 11) is 0. The lowest BCUT2D eigenvalue weighted by Crippen LogP contribution is -2.41. The van der Waals surface area contributed by atoms with E-state index in [0.29, 0.717) is 12.1 Å². The van der Waals surface area contributed by atoms with Gasteiger partial charge < -0.3 is 10.0 Å². The van der Waals surface area contributed by atoms with Gasteiger partial charge in [0.2, 0.25) is 0 Å². The Morgan fingerprint density at radius 2 is 1.86 bits per heavy atom. The molecule has 4 heteroatoms. The zero-order chi connectivity index (χ0) is 15.4. The number of carbonyl (C=O) groups is 2. The van der Waals surface area contributed by atoms with E-state index in [2.05, 4.69) is 0 Å². The number of nitrogens with zero attached hydrogens (tertiary/aromatic N) is 1. The number of benzene rings is 1. The smallest absolute Gasteiger partial charge is 0.336 e. The number of amides is 1. The Kier molecular flexibility index (Phi) is 4.99. The van der Waals surface area contributed by atoms with Crippen molar-refractivity contribution in [2.45, 2.75) is 52.0 Å². The number of hydrogen-bond acceptors (Lipinski definition) is 2. The molecule has 1 saturated carbocycles. The standard InChI is InChI=1S/C17H23NO3/c1-3-18(13-7-5-4-6-8-13)16(19)14-10-9-12(2)11-15(14)17(20)21/h9-11,13H,3-8H2,1-2H3,(H,20,21). The van der Waals surface area contributed by atoms with Crippen LogP contribution in [0.1, 0.15) is 65.3 Å². The molecule has 0 aromatic heterocycles.